The Hall–Kier alpha value is -3.22. The van der Waals surface area contributed by atoms with E-state index in [-0.39, 0.29) is 29.5 Å². The lowest BCUT2D eigenvalue weighted by Gasteiger charge is -2.19. The molecule has 2 aromatic heterocycles. The van der Waals surface area contributed by atoms with Crippen LogP contribution in [0, 0.1) is 6.92 Å². The maximum atomic E-state index is 12.9. The molecule has 0 fully saturated rings. The molecule has 0 spiro atoms. The highest BCUT2D eigenvalue weighted by molar-refractivity contribution is 8.01. The summed E-state index contributed by atoms with van der Waals surface area (Å²) >= 11 is 4.19. The number of aromatic nitrogens is 5. The Morgan fingerprint density at radius 2 is 1.77 bits per heavy atom. The van der Waals surface area contributed by atoms with Crippen molar-refractivity contribution >= 4 is 51.8 Å². The van der Waals surface area contributed by atoms with Crippen molar-refractivity contribution < 1.29 is 9.59 Å². The first-order valence-corrected chi connectivity index (χ1v) is 15.2. The van der Waals surface area contributed by atoms with E-state index in [9.17, 15) is 9.59 Å². The fourth-order valence-electron chi connectivity index (χ4n) is 3.65. The van der Waals surface area contributed by atoms with Crippen LogP contribution < -0.4 is 10.6 Å². The van der Waals surface area contributed by atoms with Gasteiger partial charge in [0.05, 0.1) is 12.3 Å². The molecule has 39 heavy (non-hydrogen) atoms. The minimum absolute atomic E-state index is 0.0123. The number of carbonyl (C=O) groups is 2. The molecule has 12 heteroatoms. The zero-order valence-electron chi connectivity index (χ0n) is 22.5. The molecule has 0 saturated carbocycles. The third-order valence-corrected chi connectivity index (χ3v) is 8.42. The van der Waals surface area contributed by atoms with Crippen LogP contribution in [0.4, 0.5) is 5.13 Å². The summed E-state index contributed by atoms with van der Waals surface area (Å²) in [5.41, 5.74) is 3.68. The highest BCUT2D eigenvalue weighted by atomic mass is 32.2. The molecule has 0 aliphatic carbocycles. The van der Waals surface area contributed by atoms with Crippen molar-refractivity contribution in [3.8, 4) is 5.69 Å². The van der Waals surface area contributed by atoms with E-state index in [1.807, 2.05) is 66.9 Å². The molecule has 0 aliphatic rings. The van der Waals surface area contributed by atoms with Crippen LogP contribution in [0.2, 0.25) is 0 Å². The van der Waals surface area contributed by atoms with E-state index in [1.54, 1.807) is 11.8 Å². The molecule has 2 aromatic carbocycles. The van der Waals surface area contributed by atoms with Crippen LogP contribution >= 0.6 is 34.9 Å². The molecule has 4 aromatic rings. The highest BCUT2D eigenvalue weighted by Crippen LogP contribution is 2.27. The number of rotatable bonds is 10. The Morgan fingerprint density at radius 3 is 2.46 bits per heavy atom. The number of thioether (sulfide) groups is 2. The second-order valence-electron chi connectivity index (χ2n) is 9.73. The Kier molecular flexibility index (Phi) is 9.41. The van der Waals surface area contributed by atoms with Gasteiger partial charge in [0.2, 0.25) is 11.0 Å². The molecule has 0 radical (unpaired) electrons. The Balaban J connectivity index is 1.47. The van der Waals surface area contributed by atoms with Crippen LogP contribution in [0.3, 0.4) is 0 Å². The van der Waals surface area contributed by atoms with Gasteiger partial charge in [0.25, 0.3) is 5.91 Å². The first-order valence-electron chi connectivity index (χ1n) is 12.4. The van der Waals surface area contributed by atoms with E-state index < -0.39 is 0 Å². The number of amides is 2. The summed E-state index contributed by atoms with van der Waals surface area (Å²) in [6.07, 6.45) is 0. The quantitative estimate of drug-likeness (QED) is 0.186. The van der Waals surface area contributed by atoms with E-state index in [4.69, 9.17) is 0 Å². The van der Waals surface area contributed by atoms with Gasteiger partial charge in [-0.25, -0.2) is 0 Å². The molecule has 0 atom stereocenters. The van der Waals surface area contributed by atoms with E-state index in [1.165, 1.54) is 23.1 Å². The van der Waals surface area contributed by atoms with Gasteiger partial charge < -0.3 is 5.32 Å². The molecular formula is C27H31N7O2S3. The van der Waals surface area contributed by atoms with Crippen LogP contribution in [0.5, 0.6) is 0 Å². The number of nitrogens with zero attached hydrogens (tertiary/aromatic N) is 5. The van der Waals surface area contributed by atoms with Crippen molar-refractivity contribution in [1.82, 2.24) is 30.3 Å². The van der Waals surface area contributed by atoms with Crippen LogP contribution in [0.25, 0.3) is 5.69 Å². The first kappa shape index (κ1) is 28.8. The number of carbonyl (C=O) groups excluding carboxylic acids is 2. The molecule has 0 saturated heterocycles. The monoisotopic (exact) mass is 581 g/mol. The summed E-state index contributed by atoms with van der Waals surface area (Å²) in [4.78, 5) is 25.5. The van der Waals surface area contributed by atoms with Gasteiger partial charge in [-0.15, -0.1) is 20.4 Å². The van der Waals surface area contributed by atoms with E-state index in [0.29, 0.717) is 21.7 Å². The number of hydrogen-bond acceptors (Lipinski definition) is 9. The third kappa shape index (κ3) is 7.68. The van der Waals surface area contributed by atoms with Gasteiger partial charge in [0.15, 0.2) is 15.3 Å². The SMILES string of the molecule is CCSc1nnc(NC(=O)CSc2nnc(CNC(=O)c3ccc(C(C)(C)C)cc3)n2-c2cccc(C)c2)s1. The van der Waals surface area contributed by atoms with Gasteiger partial charge in [0.1, 0.15) is 0 Å². The first-order chi connectivity index (χ1) is 18.6. The largest absolute Gasteiger partial charge is 0.345 e. The van der Waals surface area contributed by atoms with Gasteiger partial charge in [-0.05, 0) is 53.5 Å². The molecule has 2 N–H and O–H groups in total. The normalized spacial score (nSPS) is 11.4. The maximum Gasteiger partial charge on any atom is 0.251 e. The van der Waals surface area contributed by atoms with Gasteiger partial charge in [0, 0.05) is 11.3 Å². The summed E-state index contributed by atoms with van der Waals surface area (Å²) in [6.45, 7) is 10.6. The lowest BCUT2D eigenvalue weighted by Crippen LogP contribution is -2.25. The topological polar surface area (TPSA) is 115 Å². The van der Waals surface area contributed by atoms with E-state index >= 15 is 0 Å². The van der Waals surface area contributed by atoms with Gasteiger partial charge in [-0.2, -0.15) is 0 Å². The second-order valence-corrected chi connectivity index (χ2v) is 13.2. The molecule has 0 unspecified atom stereocenters. The average Bonchev–Trinajstić information content (AvgIpc) is 3.52. The molecule has 2 amide bonds. The molecule has 0 bridgehead atoms. The number of nitrogens with one attached hydrogen (secondary N) is 2. The minimum Gasteiger partial charge on any atom is -0.345 e. The maximum absolute atomic E-state index is 12.9. The molecule has 2 heterocycles. The number of hydrogen-bond donors (Lipinski definition) is 2. The fourth-order valence-corrected chi connectivity index (χ4v) is 6.08. The lowest BCUT2D eigenvalue weighted by atomic mass is 9.87. The van der Waals surface area contributed by atoms with Crippen molar-refractivity contribution in [3.05, 3.63) is 71.0 Å². The molecule has 0 aliphatic heterocycles. The number of aryl methyl sites for hydroxylation is 1. The van der Waals surface area contributed by atoms with E-state index in [0.717, 1.165) is 26.9 Å². The highest BCUT2D eigenvalue weighted by Gasteiger charge is 2.19. The van der Waals surface area contributed by atoms with Crippen molar-refractivity contribution in [2.75, 3.05) is 16.8 Å². The summed E-state index contributed by atoms with van der Waals surface area (Å²) in [6, 6.07) is 15.6. The second kappa shape index (κ2) is 12.8. The van der Waals surface area contributed by atoms with Gasteiger partial charge in [-0.1, -0.05) is 86.8 Å². The third-order valence-electron chi connectivity index (χ3n) is 5.63. The van der Waals surface area contributed by atoms with Crippen molar-refractivity contribution in [1.29, 1.82) is 0 Å². The van der Waals surface area contributed by atoms with Crippen LogP contribution in [0.1, 0.15) is 55.0 Å². The predicted molar refractivity (Wildman–Crippen MR) is 158 cm³/mol. The zero-order chi connectivity index (χ0) is 28.0. The molecule has 204 valence electrons. The van der Waals surface area contributed by atoms with Crippen molar-refractivity contribution in [2.45, 2.75) is 56.1 Å². The summed E-state index contributed by atoms with van der Waals surface area (Å²) < 4.78 is 2.69. The standard InChI is InChI=1S/C27H31N7O2S3/c1-6-37-26-33-31-24(39-26)29-22(35)16-38-25-32-30-21(34(25)20-9-7-8-17(2)14-20)15-28-23(36)18-10-12-19(13-11-18)27(3,4)5/h7-14H,6,15-16H2,1-5H3,(H,28,36)(H,29,31,35). The van der Waals surface area contributed by atoms with Gasteiger partial charge >= 0.3 is 0 Å². The summed E-state index contributed by atoms with van der Waals surface area (Å²) in [7, 11) is 0. The Morgan fingerprint density at radius 1 is 1.00 bits per heavy atom. The number of benzene rings is 2. The molecule has 9 nitrogen and oxygen atoms in total. The summed E-state index contributed by atoms with van der Waals surface area (Å²) in [5.74, 6) is 1.16. The Labute approximate surface area is 240 Å². The lowest BCUT2D eigenvalue weighted by molar-refractivity contribution is -0.113. The molecule has 4 rings (SSSR count). The van der Waals surface area contributed by atoms with Crippen LogP contribution in [0.15, 0.2) is 58.0 Å². The van der Waals surface area contributed by atoms with Crippen molar-refractivity contribution in [3.63, 3.8) is 0 Å². The van der Waals surface area contributed by atoms with E-state index in [2.05, 4.69) is 51.8 Å². The minimum atomic E-state index is -0.212. The Bertz CT molecular complexity index is 1440. The zero-order valence-corrected chi connectivity index (χ0v) is 25.0. The summed E-state index contributed by atoms with van der Waals surface area (Å²) in [5, 5.41) is 23.5. The predicted octanol–water partition coefficient (Wildman–Crippen LogP) is 5.50. The van der Waals surface area contributed by atoms with Gasteiger partial charge in [-0.3, -0.25) is 19.5 Å². The number of anilines is 1. The smallest absolute Gasteiger partial charge is 0.251 e. The fraction of sp³-hybridized carbons (Fsp3) is 0.333. The van der Waals surface area contributed by atoms with Crippen LogP contribution in [-0.2, 0) is 16.8 Å². The molecular weight excluding hydrogens is 551 g/mol. The van der Waals surface area contributed by atoms with Crippen LogP contribution in [-0.4, -0.2) is 48.3 Å². The van der Waals surface area contributed by atoms with Crippen molar-refractivity contribution in [2.24, 2.45) is 0 Å². The average molecular weight is 582 g/mol.